The van der Waals surface area contributed by atoms with E-state index in [9.17, 15) is 15.0 Å². The fraction of sp³-hybridized carbons (Fsp3) is 0.296. The third-order valence-corrected chi connectivity index (χ3v) is 6.17. The molecule has 0 aliphatic heterocycles. The highest BCUT2D eigenvalue weighted by atomic mass is 32.2. The number of hydrogen-bond donors (Lipinski definition) is 2. The summed E-state index contributed by atoms with van der Waals surface area (Å²) in [6.07, 6.45) is 6.48. The van der Waals surface area contributed by atoms with E-state index in [2.05, 4.69) is 0 Å². The van der Waals surface area contributed by atoms with Gasteiger partial charge in [0.1, 0.15) is 22.5 Å². The summed E-state index contributed by atoms with van der Waals surface area (Å²) in [5.74, 6) is -0.0667. The molecule has 0 fully saturated rings. The third kappa shape index (κ3) is 4.96. The summed E-state index contributed by atoms with van der Waals surface area (Å²) in [6, 6.07) is 7.59. The maximum absolute atomic E-state index is 13.5. The first-order chi connectivity index (χ1) is 15.7. The highest BCUT2D eigenvalue weighted by Gasteiger charge is 2.26. The molecule has 0 bridgehead atoms. The molecular weight excluding hydrogens is 436 g/mol. The van der Waals surface area contributed by atoms with Crippen LogP contribution in [0.15, 0.2) is 61.7 Å². The number of thioether (sulfide) groups is 1. The van der Waals surface area contributed by atoms with Crippen molar-refractivity contribution >= 4 is 22.7 Å². The molecule has 0 saturated carbocycles. The van der Waals surface area contributed by atoms with Gasteiger partial charge in [-0.2, -0.15) is 0 Å². The summed E-state index contributed by atoms with van der Waals surface area (Å²) in [4.78, 5) is 14.6. The van der Waals surface area contributed by atoms with Gasteiger partial charge >= 0.3 is 0 Å². The molecule has 33 heavy (non-hydrogen) atoms. The van der Waals surface area contributed by atoms with Crippen molar-refractivity contribution in [3.63, 3.8) is 0 Å². The standard InChI is InChI=1S/C27H30O5S/c1-15(2)7-13-19-22(28)20(14-8-16(3)4)26-21(23(19)29)24(30)27(31-5)25(32-26)17-9-11-18(33-6)12-10-17/h7-12,28-29H,13-14H2,1-6H3. The lowest BCUT2D eigenvalue weighted by Crippen LogP contribution is -2.10. The first kappa shape index (κ1) is 24.5. The van der Waals surface area contributed by atoms with E-state index in [0.717, 1.165) is 16.0 Å². The highest BCUT2D eigenvalue weighted by Crippen LogP contribution is 2.43. The van der Waals surface area contributed by atoms with Gasteiger partial charge in [-0.3, -0.25) is 4.79 Å². The number of benzene rings is 2. The van der Waals surface area contributed by atoms with Gasteiger partial charge in [-0.15, -0.1) is 11.8 Å². The van der Waals surface area contributed by atoms with E-state index in [1.54, 1.807) is 11.8 Å². The van der Waals surface area contributed by atoms with Crippen molar-refractivity contribution in [2.75, 3.05) is 13.4 Å². The summed E-state index contributed by atoms with van der Waals surface area (Å²) >= 11 is 1.61. The second kappa shape index (κ2) is 10.2. The molecule has 1 heterocycles. The number of phenolic OH excluding ortho intramolecular Hbond substituents is 2. The molecule has 2 aromatic carbocycles. The molecule has 3 rings (SSSR count). The lowest BCUT2D eigenvalue weighted by atomic mass is 9.96. The van der Waals surface area contributed by atoms with Crippen LogP contribution in [0.1, 0.15) is 38.8 Å². The third-order valence-electron chi connectivity index (χ3n) is 5.42. The van der Waals surface area contributed by atoms with Crippen LogP contribution in [-0.2, 0) is 12.8 Å². The van der Waals surface area contributed by atoms with Gasteiger partial charge in [0.05, 0.1) is 7.11 Å². The summed E-state index contributed by atoms with van der Waals surface area (Å²) in [7, 11) is 1.41. The average molecular weight is 467 g/mol. The van der Waals surface area contributed by atoms with Crippen LogP contribution in [0.2, 0.25) is 0 Å². The van der Waals surface area contributed by atoms with E-state index < -0.39 is 5.43 Å². The van der Waals surface area contributed by atoms with Gasteiger partial charge in [0.15, 0.2) is 5.76 Å². The lowest BCUT2D eigenvalue weighted by molar-refractivity contribution is 0.396. The van der Waals surface area contributed by atoms with E-state index >= 15 is 0 Å². The van der Waals surface area contributed by atoms with Gasteiger partial charge < -0.3 is 19.4 Å². The van der Waals surface area contributed by atoms with Gasteiger partial charge in [0.25, 0.3) is 0 Å². The Morgan fingerprint density at radius 3 is 2.06 bits per heavy atom. The van der Waals surface area contributed by atoms with Crippen molar-refractivity contribution in [1.29, 1.82) is 0 Å². The summed E-state index contributed by atoms with van der Waals surface area (Å²) in [5.41, 5.74) is 3.22. The number of phenols is 2. The molecule has 1 aromatic heterocycles. The molecule has 0 aliphatic carbocycles. The molecule has 0 radical (unpaired) electrons. The summed E-state index contributed by atoms with van der Waals surface area (Å²) in [5, 5.41) is 22.2. The van der Waals surface area contributed by atoms with E-state index in [1.165, 1.54) is 7.11 Å². The number of ether oxygens (including phenoxy) is 1. The lowest BCUT2D eigenvalue weighted by Gasteiger charge is -2.16. The molecule has 0 spiro atoms. The van der Waals surface area contributed by atoms with Gasteiger partial charge in [0.2, 0.25) is 11.2 Å². The monoisotopic (exact) mass is 466 g/mol. The van der Waals surface area contributed by atoms with Crippen LogP contribution < -0.4 is 10.2 Å². The van der Waals surface area contributed by atoms with Crippen molar-refractivity contribution in [3.05, 3.63) is 68.9 Å². The van der Waals surface area contributed by atoms with Gasteiger partial charge in [-0.05, 0) is 71.1 Å². The molecular formula is C27H30O5S. The number of aromatic hydroxyl groups is 2. The number of hydrogen-bond acceptors (Lipinski definition) is 6. The first-order valence-electron chi connectivity index (χ1n) is 10.7. The van der Waals surface area contributed by atoms with Crippen molar-refractivity contribution in [2.24, 2.45) is 0 Å². The Labute approximate surface area is 198 Å². The highest BCUT2D eigenvalue weighted by molar-refractivity contribution is 7.98. The molecule has 174 valence electrons. The minimum absolute atomic E-state index is 0.0155. The minimum atomic E-state index is -0.475. The SMILES string of the molecule is COc1c(-c2ccc(SC)cc2)oc2c(CC=C(C)C)c(O)c(CC=C(C)C)c(O)c2c1=O. The van der Waals surface area contributed by atoms with E-state index in [0.29, 0.717) is 23.1 Å². The first-order valence-corrected chi connectivity index (χ1v) is 11.9. The second-order valence-electron chi connectivity index (χ2n) is 8.35. The Morgan fingerprint density at radius 1 is 0.970 bits per heavy atom. The fourth-order valence-corrected chi connectivity index (χ4v) is 4.02. The van der Waals surface area contributed by atoms with Crippen molar-refractivity contribution in [1.82, 2.24) is 0 Å². The van der Waals surface area contributed by atoms with E-state index in [1.807, 2.05) is 70.4 Å². The number of rotatable bonds is 7. The van der Waals surface area contributed by atoms with E-state index in [-0.39, 0.29) is 40.4 Å². The van der Waals surface area contributed by atoms with Crippen LogP contribution in [0.4, 0.5) is 0 Å². The number of methoxy groups -OCH3 is 1. The van der Waals surface area contributed by atoms with Crippen molar-refractivity contribution in [3.8, 4) is 28.6 Å². The molecule has 2 N–H and O–H groups in total. The predicted octanol–water partition coefficient (Wildman–Crippen LogP) is 6.62. The Bertz CT molecular complexity index is 1290. The predicted molar refractivity (Wildman–Crippen MR) is 136 cm³/mol. The second-order valence-corrected chi connectivity index (χ2v) is 9.23. The molecule has 6 heteroatoms. The van der Waals surface area contributed by atoms with Crippen LogP contribution in [0.3, 0.4) is 0 Å². The minimum Gasteiger partial charge on any atom is -0.507 e. The molecule has 0 amide bonds. The fourth-order valence-electron chi connectivity index (χ4n) is 3.61. The van der Waals surface area contributed by atoms with Gasteiger partial charge in [-0.1, -0.05) is 23.3 Å². The zero-order chi connectivity index (χ0) is 24.3. The zero-order valence-electron chi connectivity index (χ0n) is 19.9. The average Bonchev–Trinajstić information content (AvgIpc) is 2.78. The Balaban J connectivity index is 2.42. The normalized spacial score (nSPS) is 10.8. The largest absolute Gasteiger partial charge is 0.507 e. The summed E-state index contributed by atoms with van der Waals surface area (Å²) < 4.78 is 11.7. The van der Waals surface area contributed by atoms with Crippen molar-refractivity contribution in [2.45, 2.75) is 45.4 Å². The maximum atomic E-state index is 13.5. The molecule has 0 atom stereocenters. The molecule has 0 aliphatic rings. The number of fused-ring (bicyclic) bond motifs is 1. The quantitative estimate of drug-likeness (QED) is 0.301. The molecule has 3 aromatic rings. The maximum Gasteiger partial charge on any atom is 0.239 e. The van der Waals surface area contributed by atoms with Crippen LogP contribution in [-0.4, -0.2) is 23.6 Å². The van der Waals surface area contributed by atoms with E-state index in [4.69, 9.17) is 9.15 Å². The smallest absolute Gasteiger partial charge is 0.239 e. The Hall–Kier alpha value is -3.12. The Morgan fingerprint density at radius 2 is 1.55 bits per heavy atom. The van der Waals surface area contributed by atoms with Crippen molar-refractivity contribution < 1.29 is 19.4 Å². The molecule has 5 nitrogen and oxygen atoms in total. The molecule has 0 saturated heterocycles. The van der Waals surface area contributed by atoms with Crippen LogP contribution in [0, 0.1) is 0 Å². The van der Waals surface area contributed by atoms with Crippen LogP contribution >= 0.6 is 11.8 Å². The molecule has 0 unspecified atom stereocenters. The Kier molecular flexibility index (Phi) is 7.59. The van der Waals surface area contributed by atoms with Crippen LogP contribution in [0.25, 0.3) is 22.3 Å². The summed E-state index contributed by atoms with van der Waals surface area (Å²) in [6.45, 7) is 7.79. The number of allylic oxidation sites excluding steroid dienone is 4. The topological polar surface area (TPSA) is 79.9 Å². The van der Waals surface area contributed by atoms with Gasteiger partial charge in [-0.25, -0.2) is 0 Å². The zero-order valence-corrected chi connectivity index (χ0v) is 20.7. The van der Waals surface area contributed by atoms with Gasteiger partial charge in [0, 0.05) is 21.6 Å². The van der Waals surface area contributed by atoms with Crippen LogP contribution in [0.5, 0.6) is 17.2 Å².